The Kier molecular flexibility index (Phi) is 4.02. The summed E-state index contributed by atoms with van der Waals surface area (Å²) in [5.41, 5.74) is 6.58. The van der Waals surface area contributed by atoms with Gasteiger partial charge in [-0.1, -0.05) is 23.7 Å². The summed E-state index contributed by atoms with van der Waals surface area (Å²) < 4.78 is 0. The van der Waals surface area contributed by atoms with Crippen LogP contribution < -0.4 is 5.73 Å². The van der Waals surface area contributed by atoms with Gasteiger partial charge >= 0.3 is 0 Å². The number of hydrogen-bond donors (Lipinski definition) is 1. The molecule has 0 bridgehead atoms. The van der Waals surface area contributed by atoms with Crippen LogP contribution in [0.2, 0.25) is 5.02 Å². The van der Waals surface area contributed by atoms with Crippen molar-refractivity contribution in [1.82, 2.24) is 4.90 Å². The van der Waals surface area contributed by atoms with Gasteiger partial charge in [0, 0.05) is 18.1 Å². The second-order valence-electron chi connectivity index (χ2n) is 4.60. The monoisotopic (exact) mass is 252 g/mol. The molecular weight excluding hydrogens is 236 g/mol. The molecule has 1 heterocycles. The zero-order chi connectivity index (χ0) is 12.3. The fraction of sp³-hybridized carbons (Fsp3) is 0.462. The van der Waals surface area contributed by atoms with Crippen LogP contribution in [0.4, 0.5) is 0 Å². The van der Waals surface area contributed by atoms with Crippen LogP contribution >= 0.6 is 11.6 Å². The summed E-state index contributed by atoms with van der Waals surface area (Å²) in [4.78, 5) is 13.5. The van der Waals surface area contributed by atoms with E-state index in [4.69, 9.17) is 17.3 Å². The van der Waals surface area contributed by atoms with E-state index in [1.807, 2.05) is 24.3 Å². The molecule has 0 radical (unpaired) electrons. The molecule has 0 saturated carbocycles. The molecule has 0 aromatic heterocycles. The third-order valence-electron chi connectivity index (χ3n) is 3.23. The van der Waals surface area contributed by atoms with Crippen molar-refractivity contribution in [3.8, 4) is 0 Å². The highest BCUT2D eigenvalue weighted by Crippen LogP contribution is 2.19. The van der Waals surface area contributed by atoms with Gasteiger partial charge in [-0.15, -0.1) is 0 Å². The van der Waals surface area contributed by atoms with E-state index in [2.05, 4.69) is 4.90 Å². The summed E-state index contributed by atoms with van der Waals surface area (Å²) >= 11 is 5.84. The van der Waals surface area contributed by atoms with Crippen molar-refractivity contribution in [3.05, 3.63) is 34.9 Å². The first kappa shape index (κ1) is 12.4. The smallest absolute Gasteiger partial charge is 0.221 e. The molecule has 1 saturated heterocycles. The van der Waals surface area contributed by atoms with Crippen LogP contribution in [-0.4, -0.2) is 23.9 Å². The average Bonchev–Trinajstić information content (AvgIpc) is 2.32. The van der Waals surface area contributed by atoms with Crippen LogP contribution in [0.3, 0.4) is 0 Å². The lowest BCUT2D eigenvalue weighted by Gasteiger charge is -2.31. The largest absolute Gasteiger partial charge is 0.369 e. The highest BCUT2D eigenvalue weighted by atomic mass is 35.5. The number of carbonyl (C=O) groups is 1. The average molecular weight is 253 g/mol. The van der Waals surface area contributed by atoms with Gasteiger partial charge in [0.1, 0.15) is 0 Å². The third kappa shape index (κ3) is 3.45. The molecule has 2 rings (SSSR count). The fourth-order valence-electron chi connectivity index (χ4n) is 2.28. The Morgan fingerprint density at radius 1 is 1.41 bits per heavy atom. The number of amides is 1. The molecule has 92 valence electrons. The predicted octanol–water partition coefficient (Wildman–Crippen LogP) is 2.04. The molecule has 2 N–H and O–H groups in total. The van der Waals surface area contributed by atoms with Gasteiger partial charge in [-0.2, -0.15) is 0 Å². The maximum Gasteiger partial charge on any atom is 0.221 e. The van der Waals surface area contributed by atoms with Crippen molar-refractivity contribution >= 4 is 17.5 Å². The Morgan fingerprint density at radius 2 is 2.12 bits per heavy atom. The van der Waals surface area contributed by atoms with Crippen LogP contribution in [0, 0.1) is 5.92 Å². The molecule has 1 aliphatic rings. The van der Waals surface area contributed by atoms with Gasteiger partial charge in [-0.25, -0.2) is 0 Å². The van der Waals surface area contributed by atoms with Crippen LogP contribution in [-0.2, 0) is 11.3 Å². The molecule has 1 aromatic carbocycles. The van der Waals surface area contributed by atoms with Crippen molar-refractivity contribution < 1.29 is 4.79 Å². The summed E-state index contributed by atoms with van der Waals surface area (Å²) in [7, 11) is 0. The molecule has 3 nitrogen and oxygen atoms in total. The molecule has 1 fully saturated rings. The lowest BCUT2D eigenvalue weighted by Crippen LogP contribution is -2.40. The summed E-state index contributed by atoms with van der Waals surface area (Å²) in [5, 5.41) is 0.752. The van der Waals surface area contributed by atoms with Crippen LogP contribution in [0.5, 0.6) is 0 Å². The minimum absolute atomic E-state index is 0.0102. The quantitative estimate of drug-likeness (QED) is 0.895. The SMILES string of the molecule is NC(=O)[C@H]1CCCN(Cc2ccc(Cl)cc2)C1. The van der Waals surface area contributed by atoms with E-state index in [0.717, 1.165) is 37.5 Å². The second-order valence-corrected chi connectivity index (χ2v) is 5.04. The first-order valence-electron chi connectivity index (χ1n) is 5.91. The van der Waals surface area contributed by atoms with E-state index in [0.29, 0.717) is 0 Å². The number of likely N-dealkylation sites (tertiary alicyclic amines) is 1. The van der Waals surface area contributed by atoms with Crippen molar-refractivity contribution in [1.29, 1.82) is 0 Å². The van der Waals surface area contributed by atoms with Crippen molar-refractivity contribution in [2.45, 2.75) is 19.4 Å². The molecule has 1 aromatic rings. The van der Waals surface area contributed by atoms with Gasteiger partial charge in [0.25, 0.3) is 0 Å². The Morgan fingerprint density at radius 3 is 2.76 bits per heavy atom. The fourth-order valence-corrected chi connectivity index (χ4v) is 2.41. The minimum Gasteiger partial charge on any atom is -0.369 e. The number of rotatable bonds is 3. The first-order chi connectivity index (χ1) is 8.15. The van der Waals surface area contributed by atoms with Crippen LogP contribution in [0.15, 0.2) is 24.3 Å². The van der Waals surface area contributed by atoms with Gasteiger partial charge in [-0.3, -0.25) is 9.69 Å². The highest BCUT2D eigenvalue weighted by molar-refractivity contribution is 6.30. The van der Waals surface area contributed by atoms with Gasteiger partial charge in [0.05, 0.1) is 5.92 Å². The number of carbonyl (C=O) groups excluding carboxylic acids is 1. The second kappa shape index (κ2) is 5.52. The first-order valence-corrected chi connectivity index (χ1v) is 6.29. The Bertz CT molecular complexity index is 391. The number of primary amides is 1. The molecular formula is C13H17ClN2O. The molecule has 0 spiro atoms. The van der Waals surface area contributed by atoms with E-state index < -0.39 is 0 Å². The Balaban J connectivity index is 1.94. The molecule has 17 heavy (non-hydrogen) atoms. The maximum absolute atomic E-state index is 11.2. The summed E-state index contributed by atoms with van der Waals surface area (Å²) in [6.07, 6.45) is 1.97. The standard InChI is InChI=1S/C13H17ClN2O/c14-12-5-3-10(4-6-12)8-16-7-1-2-11(9-16)13(15)17/h3-6,11H,1-2,7-9H2,(H2,15,17)/t11-/m0/s1. The number of nitrogens with two attached hydrogens (primary N) is 1. The minimum atomic E-state index is -0.175. The molecule has 1 aliphatic heterocycles. The van der Waals surface area contributed by atoms with Gasteiger partial charge in [-0.05, 0) is 37.1 Å². The van der Waals surface area contributed by atoms with E-state index in [-0.39, 0.29) is 11.8 Å². The van der Waals surface area contributed by atoms with Crippen molar-refractivity contribution in [2.75, 3.05) is 13.1 Å². The number of nitrogens with zero attached hydrogens (tertiary/aromatic N) is 1. The highest BCUT2D eigenvalue weighted by Gasteiger charge is 2.23. The molecule has 0 aliphatic carbocycles. The number of halogens is 1. The summed E-state index contributed by atoms with van der Waals surface area (Å²) in [6, 6.07) is 7.84. The zero-order valence-electron chi connectivity index (χ0n) is 9.73. The van der Waals surface area contributed by atoms with Crippen molar-refractivity contribution in [3.63, 3.8) is 0 Å². The van der Waals surface area contributed by atoms with E-state index in [1.54, 1.807) is 0 Å². The number of hydrogen-bond acceptors (Lipinski definition) is 2. The Hall–Kier alpha value is -1.06. The van der Waals surface area contributed by atoms with Gasteiger partial charge < -0.3 is 5.73 Å². The maximum atomic E-state index is 11.2. The van der Waals surface area contributed by atoms with E-state index in [9.17, 15) is 4.79 Å². The summed E-state index contributed by atoms with van der Waals surface area (Å²) in [6.45, 7) is 2.67. The van der Waals surface area contributed by atoms with Crippen molar-refractivity contribution in [2.24, 2.45) is 11.7 Å². The molecule has 0 unspecified atom stereocenters. The normalized spacial score (nSPS) is 21.4. The van der Waals surface area contributed by atoms with E-state index >= 15 is 0 Å². The lowest BCUT2D eigenvalue weighted by molar-refractivity contribution is -0.123. The van der Waals surface area contributed by atoms with Crippen LogP contribution in [0.1, 0.15) is 18.4 Å². The van der Waals surface area contributed by atoms with Crippen LogP contribution in [0.25, 0.3) is 0 Å². The van der Waals surface area contributed by atoms with Gasteiger partial charge in [0.15, 0.2) is 0 Å². The molecule has 1 atom stereocenters. The molecule has 1 amide bonds. The third-order valence-corrected chi connectivity index (χ3v) is 3.48. The lowest BCUT2D eigenvalue weighted by atomic mass is 9.97. The Labute approximate surface area is 107 Å². The predicted molar refractivity (Wildman–Crippen MR) is 68.6 cm³/mol. The molecule has 4 heteroatoms. The van der Waals surface area contributed by atoms with E-state index in [1.165, 1.54) is 5.56 Å². The zero-order valence-corrected chi connectivity index (χ0v) is 10.5. The number of piperidine rings is 1. The number of benzene rings is 1. The topological polar surface area (TPSA) is 46.3 Å². The van der Waals surface area contributed by atoms with Gasteiger partial charge in [0.2, 0.25) is 5.91 Å². The summed E-state index contributed by atoms with van der Waals surface area (Å²) in [5.74, 6) is -0.165.